The van der Waals surface area contributed by atoms with Gasteiger partial charge in [-0.3, -0.25) is 33.8 Å². The monoisotopic (exact) mass is 489 g/mol. The fourth-order valence-corrected chi connectivity index (χ4v) is 3.82. The number of esters is 1. The number of hydrogen-bond donors (Lipinski definition) is 2. The first-order valence-electron chi connectivity index (χ1n) is 9.18. The van der Waals surface area contributed by atoms with E-state index in [0.717, 1.165) is 12.1 Å². The Hall–Kier alpha value is -4.41. The summed E-state index contributed by atoms with van der Waals surface area (Å²) in [5.41, 5.74) is -1.94. The first-order valence-corrected chi connectivity index (χ1v) is 10.6. The molecule has 0 bridgehead atoms. The van der Waals surface area contributed by atoms with Gasteiger partial charge in [0, 0.05) is 22.8 Å². The van der Waals surface area contributed by atoms with E-state index in [4.69, 9.17) is 11.5 Å². The molecule has 0 radical (unpaired) electrons. The summed E-state index contributed by atoms with van der Waals surface area (Å²) >= 11 is 0. The summed E-state index contributed by atoms with van der Waals surface area (Å²) in [4.78, 5) is 54.2. The van der Waals surface area contributed by atoms with Gasteiger partial charge in [-0.2, -0.15) is 8.42 Å². The number of benzene rings is 2. The SMILES string of the molecule is C#CCOC(=O)CCC(=O)O.O=C1c2ccccc2C(=O)c2c1ccc([N+](=O)[O-])c2S(=O)(=O)O. The minimum atomic E-state index is -5.09. The van der Waals surface area contributed by atoms with Crippen molar-refractivity contribution in [2.45, 2.75) is 17.7 Å². The predicted molar refractivity (Wildman–Crippen MR) is 113 cm³/mol. The molecule has 0 heterocycles. The largest absolute Gasteiger partial charge is 0.481 e. The fraction of sp³-hybridized carbons (Fsp3) is 0.143. The highest BCUT2D eigenvalue weighted by molar-refractivity contribution is 7.86. The van der Waals surface area contributed by atoms with Gasteiger partial charge in [-0.25, -0.2) is 0 Å². The van der Waals surface area contributed by atoms with Crippen molar-refractivity contribution < 1.29 is 46.9 Å². The van der Waals surface area contributed by atoms with Crippen LogP contribution < -0.4 is 0 Å². The normalized spacial score (nSPS) is 11.8. The van der Waals surface area contributed by atoms with Crippen LogP contribution in [0.25, 0.3) is 0 Å². The van der Waals surface area contributed by atoms with Gasteiger partial charge in [0.15, 0.2) is 23.1 Å². The molecule has 0 saturated carbocycles. The number of carboxylic acids is 1. The predicted octanol–water partition coefficient (Wildman–Crippen LogP) is 1.64. The van der Waals surface area contributed by atoms with Crippen molar-refractivity contribution in [1.29, 1.82) is 0 Å². The third-order valence-electron chi connectivity index (χ3n) is 4.34. The van der Waals surface area contributed by atoms with Crippen LogP contribution in [0.2, 0.25) is 0 Å². The zero-order valence-corrected chi connectivity index (χ0v) is 17.9. The fourth-order valence-electron chi connectivity index (χ4n) is 2.95. The van der Waals surface area contributed by atoms with E-state index in [1.54, 1.807) is 0 Å². The van der Waals surface area contributed by atoms with Gasteiger partial charge in [0.05, 0.1) is 23.3 Å². The number of carbonyl (C=O) groups excluding carboxylic acids is 3. The maximum atomic E-state index is 12.5. The molecule has 1 aliphatic rings. The lowest BCUT2D eigenvalue weighted by molar-refractivity contribution is -0.387. The standard InChI is InChI=1S/C14H7NO7S.C7H8O4/c16-12-7-3-1-2-4-8(7)13(17)11-9(12)5-6-10(15(18)19)14(11)23(20,21)22;1-2-5-11-7(10)4-3-6(8)9/h1-6H,(H,20,21,22);1H,3-5H2,(H,8,9). The van der Waals surface area contributed by atoms with Crippen molar-refractivity contribution in [3.63, 3.8) is 0 Å². The van der Waals surface area contributed by atoms with Gasteiger partial charge in [-0.1, -0.05) is 30.2 Å². The Kier molecular flexibility index (Phi) is 7.96. The summed E-state index contributed by atoms with van der Waals surface area (Å²) in [6.07, 6.45) is 4.44. The summed E-state index contributed by atoms with van der Waals surface area (Å²) < 4.78 is 36.9. The molecule has 0 fully saturated rings. The number of nitrogens with zero attached hydrogens (tertiary/aromatic N) is 1. The van der Waals surface area contributed by atoms with Crippen molar-refractivity contribution in [3.8, 4) is 12.3 Å². The molecular formula is C21H15NO11S. The van der Waals surface area contributed by atoms with Crippen molar-refractivity contribution in [3.05, 3.63) is 68.8 Å². The highest BCUT2D eigenvalue weighted by atomic mass is 32.2. The summed E-state index contributed by atoms with van der Waals surface area (Å²) in [6, 6.07) is 7.50. The van der Waals surface area contributed by atoms with Gasteiger partial charge in [0.2, 0.25) is 0 Å². The Morgan fingerprint density at radius 3 is 2.12 bits per heavy atom. The van der Waals surface area contributed by atoms with E-state index in [1.807, 2.05) is 0 Å². The first-order chi connectivity index (χ1) is 15.9. The van der Waals surface area contributed by atoms with Crippen LogP contribution in [0.3, 0.4) is 0 Å². The average Bonchev–Trinajstić information content (AvgIpc) is 2.78. The minimum absolute atomic E-state index is 0.0696. The number of ketones is 2. The quantitative estimate of drug-likeness (QED) is 0.168. The third-order valence-corrected chi connectivity index (χ3v) is 5.27. The first kappa shape index (κ1) is 25.8. The van der Waals surface area contributed by atoms with Crippen LogP contribution >= 0.6 is 0 Å². The molecule has 2 aromatic carbocycles. The number of terminal acetylenes is 1. The average molecular weight is 489 g/mol. The van der Waals surface area contributed by atoms with Gasteiger partial charge in [-0.15, -0.1) is 6.42 Å². The Labute approximate surface area is 192 Å². The number of ether oxygens (including phenoxy) is 1. The summed E-state index contributed by atoms with van der Waals surface area (Å²) in [6.45, 7) is -0.0988. The molecule has 0 unspecified atom stereocenters. The van der Waals surface area contributed by atoms with Crippen molar-refractivity contribution >= 4 is 39.3 Å². The van der Waals surface area contributed by atoms with E-state index >= 15 is 0 Å². The lowest BCUT2D eigenvalue weighted by Gasteiger charge is -2.18. The molecule has 1 aliphatic carbocycles. The van der Waals surface area contributed by atoms with Crippen molar-refractivity contribution in [2.75, 3.05) is 6.61 Å². The minimum Gasteiger partial charge on any atom is -0.481 e. The molecule has 0 amide bonds. The second kappa shape index (κ2) is 10.5. The lowest BCUT2D eigenvalue weighted by atomic mass is 9.84. The number of fused-ring (bicyclic) bond motifs is 2. The topological polar surface area (TPSA) is 195 Å². The molecule has 0 aromatic heterocycles. The number of hydrogen-bond acceptors (Lipinski definition) is 9. The van der Waals surface area contributed by atoms with E-state index in [-0.39, 0.29) is 36.1 Å². The molecule has 13 heteroatoms. The second-order valence-corrected chi connectivity index (χ2v) is 7.89. The molecule has 2 aromatic rings. The van der Waals surface area contributed by atoms with E-state index < -0.39 is 54.7 Å². The third kappa shape index (κ3) is 5.68. The van der Waals surface area contributed by atoms with Gasteiger partial charge in [-0.05, 0) is 6.07 Å². The number of nitro groups is 1. The highest BCUT2D eigenvalue weighted by Crippen LogP contribution is 2.36. The molecule has 0 saturated heterocycles. The van der Waals surface area contributed by atoms with Gasteiger partial charge < -0.3 is 9.84 Å². The van der Waals surface area contributed by atoms with Crippen LogP contribution in [-0.2, 0) is 24.4 Å². The molecule has 12 nitrogen and oxygen atoms in total. The second-order valence-electron chi connectivity index (χ2n) is 6.53. The number of nitro benzene ring substituents is 1. The summed E-state index contributed by atoms with van der Waals surface area (Å²) in [5.74, 6) is -1.02. The van der Waals surface area contributed by atoms with Gasteiger partial charge in [0.1, 0.15) is 0 Å². The van der Waals surface area contributed by atoms with Crippen LogP contribution in [0.1, 0.15) is 44.7 Å². The smallest absolute Gasteiger partial charge is 0.307 e. The Bertz CT molecular complexity index is 1350. The molecule has 0 atom stereocenters. The van der Waals surface area contributed by atoms with E-state index in [0.29, 0.717) is 0 Å². The molecule has 176 valence electrons. The molecule has 2 N–H and O–H groups in total. The van der Waals surface area contributed by atoms with E-state index in [2.05, 4.69) is 10.7 Å². The highest BCUT2D eigenvalue weighted by Gasteiger charge is 2.39. The number of aliphatic carboxylic acids is 1. The molecule has 34 heavy (non-hydrogen) atoms. The van der Waals surface area contributed by atoms with Crippen LogP contribution in [-0.4, -0.2) is 53.1 Å². The Morgan fingerprint density at radius 1 is 1.03 bits per heavy atom. The number of carboxylic acid groups (broad SMARTS) is 1. The maximum Gasteiger partial charge on any atom is 0.307 e. The zero-order chi connectivity index (χ0) is 25.6. The van der Waals surface area contributed by atoms with Crippen LogP contribution in [0.15, 0.2) is 41.3 Å². The van der Waals surface area contributed by atoms with Crippen LogP contribution in [0, 0.1) is 22.5 Å². The molecular weight excluding hydrogens is 474 g/mol. The van der Waals surface area contributed by atoms with E-state index in [1.165, 1.54) is 24.3 Å². The van der Waals surface area contributed by atoms with Crippen LogP contribution in [0.5, 0.6) is 0 Å². The maximum absolute atomic E-state index is 12.5. The van der Waals surface area contributed by atoms with Crippen molar-refractivity contribution in [1.82, 2.24) is 0 Å². The van der Waals surface area contributed by atoms with Gasteiger partial charge in [0.25, 0.3) is 5.69 Å². The number of carbonyl (C=O) groups is 4. The summed E-state index contributed by atoms with van der Waals surface area (Å²) in [7, 11) is -5.09. The summed E-state index contributed by atoms with van der Waals surface area (Å²) in [5, 5.41) is 19.2. The van der Waals surface area contributed by atoms with Crippen molar-refractivity contribution in [2.24, 2.45) is 0 Å². The zero-order valence-electron chi connectivity index (χ0n) is 17.1. The number of rotatable bonds is 6. The van der Waals surface area contributed by atoms with Gasteiger partial charge >= 0.3 is 22.1 Å². The molecule has 3 rings (SSSR count). The van der Waals surface area contributed by atoms with E-state index in [9.17, 15) is 42.3 Å². The molecule has 0 spiro atoms. The Morgan fingerprint density at radius 2 is 1.62 bits per heavy atom. The van der Waals surface area contributed by atoms with Crippen LogP contribution in [0.4, 0.5) is 5.69 Å². The lowest BCUT2D eigenvalue weighted by Crippen LogP contribution is -2.24. The molecule has 0 aliphatic heterocycles. The Balaban J connectivity index is 0.000000316.